The van der Waals surface area contributed by atoms with Crippen LogP contribution in [0.2, 0.25) is 0 Å². The van der Waals surface area contributed by atoms with Gasteiger partial charge in [0, 0.05) is 12.6 Å². The SMILES string of the molecule is CC(=O)Nc1cccc(NS(=O)(=O)c2cn(-c3ccccc3)nc2C)c1. The number of aromatic nitrogens is 2. The molecule has 1 heterocycles. The molecule has 0 bridgehead atoms. The fourth-order valence-electron chi connectivity index (χ4n) is 2.49. The van der Waals surface area contributed by atoms with Gasteiger partial charge in [-0.3, -0.25) is 9.52 Å². The van der Waals surface area contributed by atoms with Crippen molar-refractivity contribution in [2.45, 2.75) is 18.7 Å². The van der Waals surface area contributed by atoms with E-state index in [0.717, 1.165) is 5.69 Å². The number of rotatable bonds is 5. The van der Waals surface area contributed by atoms with Crippen LogP contribution >= 0.6 is 0 Å². The van der Waals surface area contributed by atoms with Crippen LogP contribution in [0.4, 0.5) is 11.4 Å². The molecule has 2 N–H and O–H groups in total. The molecule has 0 saturated heterocycles. The van der Waals surface area contributed by atoms with Crippen molar-refractivity contribution in [3.63, 3.8) is 0 Å². The molecule has 0 saturated carbocycles. The van der Waals surface area contributed by atoms with Crippen LogP contribution in [0.1, 0.15) is 12.6 Å². The molecule has 0 fully saturated rings. The smallest absolute Gasteiger partial charge is 0.265 e. The minimum atomic E-state index is -3.82. The molecule has 1 aromatic heterocycles. The van der Waals surface area contributed by atoms with Crippen molar-refractivity contribution in [1.82, 2.24) is 9.78 Å². The van der Waals surface area contributed by atoms with E-state index in [9.17, 15) is 13.2 Å². The van der Waals surface area contributed by atoms with Gasteiger partial charge in [0.1, 0.15) is 4.90 Å². The Morgan fingerprint density at radius 1 is 1.04 bits per heavy atom. The fraction of sp³-hybridized carbons (Fsp3) is 0.111. The van der Waals surface area contributed by atoms with E-state index in [4.69, 9.17) is 0 Å². The van der Waals surface area contributed by atoms with E-state index in [1.54, 1.807) is 31.2 Å². The van der Waals surface area contributed by atoms with Crippen LogP contribution < -0.4 is 10.0 Å². The van der Waals surface area contributed by atoms with Crippen molar-refractivity contribution in [3.8, 4) is 5.69 Å². The lowest BCUT2D eigenvalue weighted by Gasteiger charge is -2.09. The molecule has 1 amide bonds. The van der Waals surface area contributed by atoms with Crippen LogP contribution in [0.5, 0.6) is 0 Å². The molecule has 0 radical (unpaired) electrons. The number of anilines is 2. The third kappa shape index (κ3) is 3.92. The Bertz CT molecular complexity index is 1040. The maximum absolute atomic E-state index is 12.7. The third-order valence-corrected chi connectivity index (χ3v) is 5.08. The second-order valence-electron chi connectivity index (χ2n) is 5.73. The van der Waals surface area contributed by atoms with E-state index in [1.165, 1.54) is 17.8 Å². The van der Waals surface area contributed by atoms with E-state index < -0.39 is 10.0 Å². The minimum absolute atomic E-state index is 0.0892. The van der Waals surface area contributed by atoms with E-state index in [-0.39, 0.29) is 10.8 Å². The van der Waals surface area contributed by atoms with E-state index in [0.29, 0.717) is 17.1 Å². The van der Waals surface area contributed by atoms with Crippen LogP contribution in [-0.4, -0.2) is 24.1 Å². The van der Waals surface area contributed by atoms with Crippen molar-refractivity contribution < 1.29 is 13.2 Å². The Kier molecular flexibility index (Phi) is 4.77. The molecule has 7 nitrogen and oxygen atoms in total. The Hall–Kier alpha value is -3.13. The van der Waals surface area contributed by atoms with E-state index in [2.05, 4.69) is 15.1 Å². The quantitative estimate of drug-likeness (QED) is 0.722. The summed E-state index contributed by atoms with van der Waals surface area (Å²) in [4.78, 5) is 11.2. The first kappa shape index (κ1) is 17.7. The number of hydrogen-bond acceptors (Lipinski definition) is 4. The average Bonchev–Trinajstić information content (AvgIpc) is 2.98. The standard InChI is InChI=1S/C18H18N4O3S/c1-13-18(12-22(20-13)17-9-4-3-5-10-17)26(24,25)21-16-8-6-7-15(11-16)19-14(2)23/h3-12,21H,1-2H3,(H,19,23). The monoisotopic (exact) mass is 370 g/mol. The second kappa shape index (κ2) is 7.01. The maximum atomic E-state index is 12.7. The number of para-hydroxylation sites is 1. The van der Waals surface area contributed by atoms with Gasteiger partial charge in [-0.05, 0) is 37.3 Å². The molecular formula is C18H18N4O3S. The van der Waals surface area contributed by atoms with Gasteiger partial charge >= 0.3 is 0 Å². The average molecular weight is 370 g/mol. The maximum Gasteiger partial charge on any atom is 0.265 e. The van der Waals surface area contributed by atoms with Crippen molar-refractivity contribution in [3.05, 3.63) is 66.5 Å². The molecule has 2 aromatic carbocycles. The molecule has 0 aliphatic carbocycles. The first-order chi connectivity index (χ1) is 12.3. The first-order valence-electron chi connectivity index (χ1n) is 7.87. The van der Waals surface area contributed by atoms with E-state index in [1.807, 2.05) is 30.3 Å². The van der Waals surface area contributed by atoms with Gasteiger partial charge in [0.2, 0.25) is 5.91 Å². The number of carbonyl (C=O) groups is 1. The van der Waals surface area contributed by atoms with Crippen LogP contribution in [0, 0.1) is 6.92 Å². The molecule has 3 rings (SSSR count). The van der Waals surface area contributed by atoms with Gasteiger partial charge in [0.25, 0.3) is 10.0 Å². The van der Waals surface area contributed by atoms with E-state index >= 15 is 0 Å². The van der Waals surface area contributed by atoms with Crippen LogP contribution in [0.15, 0.2) is 65.7 Å². The molecule has 26 heavy (non-hydrogen) atoms. The van der Waals surface area contributed by atoms with Gasteiger partial charge in [-0.25, -0.2) is 13.1 Å². The van der Waals surface area contributed by atoms with Gasteiger partial charge in [0.15, 0.2) is 0 Å². The molecule has 0 aliphatic rings. The molecule has 0 spiro atoms. The predicted octanol–water partition coefficient (Wildman–Crippen LogP) is 2.94. The summed E-state index contributed by atoms with van der Waals surface area (Å²) in [7, 11) is -3.82. The zero-order chi connectivity index (χ0) is 18.7. The summed E-state index contributed by atoms with van der Waals surface area (Å²) in [6.45, 7) is 3.03. The summed E-state index contributed by atoms with van der Waals surface area (Å²) >= 11 is 0. The van der Waals surface area contributed by atoms with Gasteiger partial charge in [-0.15, -0.1) is 0 Å². The van der Waals surface area contributed by atoms with Gasteiger partial charge in [-0.2, -0.15) is 5.10 Å². The molecule has 0 atom stereocenters. The molecular weight excluding hydrogens is 352 g/mol. The Balaban J connectivity index is 1.89. The van der Waals surface area contributed by atoms with Crippen LogP contribution in [0.3, 0.4) is 0 Å². The number of benzene rings is 2. The number of aryl methyl sites for hydroxylation is 1. The molecule has 134 valence electrons. The van der Waals surface area contributed by atoms with Crippen molar-refractivity contribution in [2.75, 3.05) is 10.0 Å². The second-order valence-corrected chi connectivity index (χ2v) is 7.38. The highest BCUT2D eigenvalue weighted by molar-refractivity contribution is 7.92. The van der Waals surface area contributed by atoms with Crippen LogP contribution in [0.25, 0.3) is 5.69 Å². The molecule has 0 unspecified atom stereocenters. The van der Waals surface area contributed by atoms with Gasteiger partial charge < -0.3 is 5.32 Å². The third-order valence-electron chi connectivity index (χ3n) is 3.60. The molecule has 3 aromatic rings. The van der Waals surface area contributed by atoms with Crippen LogP contribution in [-0.2, 0) is 14.8 Å². The highest BCUT2D eigenvalue weighted by Crippen LogP contribution is 2.22. The lowest BCUT2D eigenvalue weighted by molar-refractivity contribution is -0.114. The number of hydrogen-bond donors (Lipinski definition) is 2. The summed E-state index contributed by atoms with van der Waals surface area (Å²) in [5.74, 6) is -0.231. The Labute approximate surface area is 151 Å². The number of nitrogens with zero attached hydrogens (tertiary/aromatic N) is 2. The fourth-order valence-corrected chi connectivity index (χ4v) is 3.71. The van der Waals surface area contributed by atoms with Gasteiger partial charge in [-0.1, -0.05) is 24.3 Å². The zero-order valence-corrected chi connectivity index (χ0v) is 15.1. The summed E-state index contributed by atoms with van der Waals surface area (Å²) in [5.41, 5.74) is 2.02. The summed E-state index contributed by atoms with van der Waals surface area (Å²) in [6, 6.07) is 15.8. The lowest BCUT2D eigenvalue weighted by atomic mass is 10.3. The highest BCUT2D eigenvalue weighted by atomic mass is 32.2. The number of carbonyl (C=O) groups excluding carboxylic acids is 1. The van der Waals surface area contributed by atoms with Crippen molar-refractivity contribution in [1.29, 1.82) is 0 Å². The lowest BCUT2D eigenvalue weighted by Crippen LogP contribution is -2.14. The largest absolute Gasteiger partial charge is 0.326 e. The first-order valence-corrected chi connectivity index (χ1v) is 9.36. The van der Waals surface area contributed by atoms with Crippen molar-refractivity contribution in [2.24, 2.45) is 0 Å². The summed E-state index contributed by atoms with van der Waals surface area (Å²) in [5, 5.41) is 6.90. The number of sulfonamides is 1. The summed E-state index contributed by atoms with van der Waals surface area (Å²) in [6.07, 6.45) is 1.48. The normalized spacial score (nSPS) is 11.2. The number of nitrogens with one attached hydrogen (secondary N) is 2. The molecule has 0 aliphatic heterocycles. The zero-order valence-electron chi connectivity index (χ0n) is 14.3. The Morgan fingerprint density at radius 3 is 2.42 bits per heavy atom. The topological polar surface area (TPSA) is 93.1 Å². The van der Waals surface area contributed by atoms with Gasteiger partial charge in [0.05, 0.1) is 23.3 Å². The van der Waals surface area contributed by atoms with Crippen molar-refractivity contribution >= 4 is 27.3 Å². The predicted molar refractivity (Wildman–Crippen MR) is 99.9 cm³/mol. The highest BCUT2D eigenvalue weighted by Gasteiger charge is 2.21. The number of amides is 1. The minimum Gasteiger partial charge on any atom is -0.326 e. The molecule has 8 heteroatoms. The summed E-state index contributed by atoms with van der Waals surface area (Å²) < 4.78 is 29.5. The Morgan fingerprint density at radius 2 is 1.73 bits per heavy atom.